The van der Waals surface area contributed by atoms with Gasteiger partial charge >= 0.3 is 29.6 Å². The Labute approximate surface area is 230 Å². The van der Waals surface area contributed by atoms with E-state index in [1.807, 2.05) is 0 Å². The number of nitrogens with zero attached hydrogens (tertiary/aromatic N) is 3. The number of carbonyl (C=O) groups is 3. The van der Waals surface area contributed by atoms with Gasteiger partial charge in [0.25, 0.3) is 11.8 Å². The number of anilines is 1. The van der Waals surface area contributed by atoms with Gasteiger partial charge in [0.2, 0.25) is 0 Å². The molecule has 4 rings (SSSR count). The number of aromatic nitrogens is 1. The number of hydrogen-bond acceptors (Lipinski definition) is 12. The van der Waals surface area contributed by atoms with Gasteiger partial charge in [-0.25, -0.2) is 4.98 Å². The first kappa shape index (κ1) is 27.3. The number of hydrogen-bond donors (Lipinski definition) is 2. The van der Waals surface area contributed by atoms with E-state index in [2.05, 4.69) is 15.5 Å². The number of amides is 2. The Balaban J connectivity index is 0.00000324. The van der Waals surface area contributed by atoms with Crippen LogP contribution in [0.25, 0.3) is 0 Å². The van der Waals surface area contributed by atoms with Crippen molar-refractivity contribution in [1.82, 2.24) is 15.2 Å². The molecule has 0 saturated carbocycles. The van der Waals surface area contributed by atoms with Crippen molar-refractivity contribution in [3.05, 3.63) is 21.7 Å². The molecule has 3 atom stereocenters. The third-order valence-corrected chi connectivity index (χ3v) is 8.65. The van der Waals surface area contributed by atoms with Gasteiger partial charge in [-0.1, -0.05) is 5.16 Å². The van der Waals surface area contributed by atoms with E-state index in [0.717, 1.165) is 30.6 Å². The van der Waals surface area contributed by atoms with E-state index < -0.39 is 29.2 Å². The predicted molar refractivity (Wildman–Crippen MR) is 123 cm³/mol. The molecule has 34 heavy (non-hydrogen) atoms. The first-order valence-electron chi connectivity index (χ1n) is 10.2. The summed E-state index contributed by atoms with van der Waals surface area (Å²) in [6.45, 7) is 0.711. The van der Waals surface area contributed by atoms with Crippen LogP contribution in [0.5, 0.6) is 0 Å². The molecule has 2 fully saturated rings. The summed E-state index contributed by atoms with van der Waals surface area (Å²) < 4.78 is 5.71. The van der Waals surface area contributed by atoms with E-state index in [0.29, 0.717) is 23.0 Å². The number of aliphatic carboxylic acids is 1. The standard InChI is InChI=1S/C19H23N5O6S3.Na/c1-29-23-12(10-7-33-19(20)21-10)15(25)22-13-16(26)24-14(18(27)28)11(8-32-17(13)24)31-6-9-4-2-3-5-30-9;/h7,9,13,17H,2-6,8H2,1H3,(H2,20,21)(H,22,25)(H,27,28);/q;+1/p-1/b23-12-;/t9?,13?,17-;/m0./s1. The van der Waals surface area contributed by atoms with Gasteiger partial charge in [0.05, 0.1) is 17.8 Å². The van der Waals surface area contributed by atoms with Gasteiger partial charge in [0, 0.05) is 28.4 Å². The van der Waals surface area contributed by atoms with Crippen LogP contribution in [0.15, 0.2) is 21.1 Å². The number of nitrogen functional groups attached to an aromatic ring is 1. The molecule has 2 saturated heterocycles. The number of carboxylic acid groups (broad SMARTS) is 1. The van der Waals surface area contributed by atoms with E-state index >= 15 is 0 Å². The van der Waals surface area contributed by atoms with E-state index in [-0.39, 0.29) is 57.9 Å². The Morgan fingerprint density at radius 1 is 1.47 bits per heavy atom. The summed E-state index contributed by atoms with van der Waals surface area (Å²) in [5.41, 5.74) is 5.59. The first-order valence-corrected chi connectivity index (χ1v) is 13.1. The number of nitrogens with one attached hydrogen (secondary N) is 1. The zero-order valence-electron chi connectivity index (χ0n) is 18.6. The molecule has 1 aromatic heterocycles. The average molecular weight is 536 g/mol. The van der Waals surface area contributed by atoms with Gasteiger partial charge in [0.15, 0.2) is 10.8 Å². The SMILES string of the molecule is CO/N=C(\C(=O)NC1C(=O)N2C(C(=O)[O-])=C(SCC3CCCCO3)CS[C@@H]12)c1csc(N)n1.[Na+]. The van der Waals surface area contributed by atoms with Crippen LogP contribution in [0.2, 0.25) is 0 Å². The number of thiazole rings is 1. The Kier molecular flexibility index (Phi) is 9.72. The minimum Gasteiger partial charge on any atom is -0.543 e. The summed E-state index contributed by atoms with van der Waals surface area (Å²) in [5.74, 6) is -1.60. The number of thioether (sulfide) groups is 2. The summed E-state index contributed by atoms with van der Waals surface area (Å²) in [5, 5.41) is 19.5. The predicted octanol–water partition coefficient (Wildman–Crippen LogP) is -3.26. The van der Waals surface area contributed by atoms with Crippen LogP contribution in [-0.2, 0) is 24.0 Å². The number of rotatable bonds is 8. The minimum absolute atomic E-state index is 0. The molecule has 4 heterocycles. The molecule has 1 aromatic rings. The molecule has 15 heteroatoms. The fourth-order valence-electron chi connectivity index (χ4n) is 3.73. The third-order valence-electron chi connectivity index (χ3n) is 5.29. The van der Waals surface area contributed by atoms with Gasteiger partial charge in [-0.2, -0.15) is 0 Å². The van der Waals surface area contributed by atoms with Crippen LogP contribution < -0.4 is 45.7 Å². The third kappa shape index (κ3) is 5.74. The van der Waals surface area contributed by atoms with Crippen molar-refractivity contribution in [1.29, 1.82) is 0 Å². The Bertz CT molecular complexity index is 1010. The summed E-state index contributed by atoms with van der Waals surface area (Å²) in [4.78, 5) is 48.1. The maximum Gasteiger partial charge on any atom is 1.00 e. The molecular weight excluding hydrogens is 513 g/mol. The molecule has 3 N–H and O–H groups in total. The maximum absolute atomic E-state index is 12.9. The molecule has 0 aliphatic carbocycles. The largest absolute Gasteiger partial charge is 1.00 e. The molecule has 178 valence electrons. The number of fused-ring (bicyclic) bond motifs is 1. The van der Waals surface area contributed by atoms with Crippen molar-refractivity contribution in [2.75, 3.05) is 31.0 Å². The van der Waals surface area contributed by atoms with Crippen molar-refractivity contribution < 1.29 is 58.6 Å². The van der Waals surface area contributed by atoms with E-state index in [9.17, 15) is 19.5 Å². The van der Waals surface area contributed by atoms with Gasteiger partial charge in [-0.05, 0) is 19.3 Å². The Morgan fingerprint density at radius 3 is 2.88 bits per heavy atom. The molecule has 0 aromatic carbocycles. The molecular formula is C19H22N5NaO6S3. The van der Waals surface area contributed by atoms with Crippen LogP contribution in [0.1, 0.15) is 25.0 Å². The first-order chi connectivity index (χ1) is 15.9. The summed E-state index contributed by atoms with van der Waals surface area (Å²) in [6.07, 6.45) is 3.12. The fourth-order valence-corrected chi connectivity index (χ4v) is 6.97. The number of oxime groups is 1. The number of carboxylic acids is 1. The molecule has 3 aliphatic heterocycles. The van der Waals surface area contributed by atoms with E-state index in [1.54, 1.807) is 5.38 Å². The van der Waals surface area contributed by atoms with Crippen LogP contribution in [0.4, 0.5) is 5.13 Å². The molecule has 0 spiro atoms. The van der Waals surface area contributed by atoms with Gasteiger partial charge in [-0.3, -0.25) is 14.5 Å². The fraction of sp³-hybridized carbons (Fsp3) is 0.526. The normalized spacial score (nSPS) is 24.6. The molecule has 0 bridgehead atoms. The molecule has 2 amide bonds. The van der Waals surface area contributed by atoms with Crippen molar-refractivity contribution >= 4 is 63.5 Å². The van der Waals surface area contributed by atoms with Crippen LogP contribution >= 0.6 is 34.9 Å². The van der Waals surface area contributed by atoms with Gasteiger partial charge < -0.3 is 30.5 Å². The van der Waals surface area contributed by atoms with E-state index in [1.165, 1.54) is 35.5 Å². The van der Waals surface area contributed by atoms with Crippen LogP contribution in [-0.4, -0.2) is 76.1 Å². The number of carbonyl (C=O) groups excluding carboxylic acids is 3. The van der Waals surface area contributed by atoms with Crippen LogP contribution in [0.3, 0.4) is 0 Å². The topological polar surface area (TPSA) is 159 Å². The zero-order valence-corrected chi connectivity index (χ0v) is 23.1. The zero-order chi connectivity index (χ0) is 23.5. The number of nitrogens with two attached hydrogens (primary N) is 1. The van der Waals surface area contributed by atoms with E-state index in [4.69, 9.17) is 15.3 Å². The van der Waals surface area contributed by atoms with Gasteiger partial charge in [-0.15, -0.1) is 34.9 Å². The quantitative estimate of drug-likeness (QED) is 0.150. The van der Waals surface area contributed by atoms with Crippen molar-refractivity contribution in [2.24, 2.45) is 5.16 Å². The van der Waals surface area contributed by atoms with Crippen LogP contribution in [0, 0.1) is 0 Å². The number of ether oxygens (including phenoxy) is 1. The van der Waals surface area contributed by atoms with Gasteiger partial charge in [0.1, 0.15) is 24.2 Å². The second-order valence-corrected chi connectivity index (χ2v) is 10.5. The second kappa shape index (κ2) is 12.1. The second-order valence-electron chi connectivity index (χ2n) is 7.41. The monoisotopic (exact) mass is 535 g/mol. The maximum atomic E-state index is 12.9. The number of β-lactam (4-membered cyclic amide) rings is 1. The molecule has 0 radical (unpaired) electrons. The van der Waals surface area contributed by atoms with Crippen molar-refractivity contribution in [3.63, 3.8) is 0 Å². The molecule has 2 unspecified atom stereocenters. The minimum atomic E-state index is -1.41. The summed E-state index contributed by atoms with van der Waals surface area (Å²) in [7, 11) is 1.28. The smallest absolute Gasteiger partial charge is 0.543 e. The Hall–Kier alpha value is -1.29. The summed E-state index contributed by atoms with van der Waals surface area (Å²) in [6, 6.07) is -0.914. The van der Waals surface area contributed by atoms with Crippen molar-refractivity contribution in [3.8, 4) is 0 Å². The average Bonchev–Trinajstić information content (AvgIpc) is 3.25. The Morgan fingerprint density at radius 2 is 2.26 bits per heavy atom. The summed E-state index contributed by atoms with van der Waals surface area (Å²) >= 11 is 3.90. The molecule has 11 nitrogen and oxygen atoms in total. The molecule has 3 aliphatic rings. The van der Waals surface area contributed by atoms with Crippen molar-refractivity contribution in [2.45, 2.75) is 36.8 Å².